The molecule has 0 aromatic carbocycles. The van der Waals surface area contributed by atoms with Gasteiger partial charge < -0.3 is 19.3 Å². The van der Waals surface area contributed by atoms with Crippen LogP contribution in [0.15, 0.2) is 22.8 Å². The molecule has 1 atom stereocenters. The van der Waals surface area contributed by atoms with Crippen molar-refractivity contribution in [2.75, 3.05) is 20.6 Å². The Labute approximate surface area is 106 Å². The molecule has 0 aliphatic carbocycles. The van der Waals surface area contributed by atoms with Crippen molar-refractivity contribution in [3.05, 3.63) is 24.2 Å². The van der Waals surface area contributed by atoms with E-state index < -0.39 is 11.9 Å². The van der Waals surface area contributed by atoms with Gasteiger partial charge in [0.1, 0.15) is 5.76 Å². The minimum absolute atomic E-state index is 0.177. The minimum Gasteiger partial charge on any atom is -0.481 e. The van der Waals surface area contributed by atoms with Gasteiger partial charge in [-0.25, -0.2) is 4.79 Å². The van der Waals surface area contributed by atoms with Crippen LogP contribution in [0.1, 0.15) is 12.7 Å². The van der Waals surface area contributed by atoms with E-state index in [1.165, 1.54) is 9.80 Å². The zero-order valence-electron chi connectivity index (χ0n) is 10.8. The summed E-state index contributed by atoms with van der Waals surface area (Å²) < 4.78 is 5.15. The van der Waals surface area contributed by atoms with E-state index in [2.05, 4.69) is 0 Å². The van der Waals surface area contributed by atoms with Crippen LogP contribution in [-0.4, -0.2) is 47.5 Å². The largest absolute Gasteiger partial charge is 0.481 e. The predicted molar refractivity (Wildman–Crippen MR) is 65.0 cm³/mol. The van der Waals surface area contributed by atoms with Crippen LogP contribution in [0.25, 0.3) is 0 Å². The fourth-order valence-corrected chi connectivity index (χ4v) is 1.56. The number of carboxylic acid groups (broad SMARTS) is 1. The van der Waals surface area contributed by atoms with Crippen molar-refractivity contribution in [2.45, 2.75) is 13.5 Å². The highest BCUT2D eigenvalue weighted by Gasteiger charge is 2.20. The first kappa shape index (κ1) is 14.1. The SMILES string of the molecule is CC(CN(C)C(=O)N(C)Cc1ccco1)C(=O)O. The average molecular weight is 254 g/mol. The summed E-state index contributed by atoms with van der Waals surface area (Å²) in [4.78, 5) is 25.5. The van der Waals surface area contributed by atoms with Gasteiger partial charge in [-0.05, 0) is 12.1 Å². The molecule has 0 spiro atoms. The van der Waals surface area contributed by atoms with Gasteiger partial charge in [-0.2, -0.15) is 0 Å². The van der Waals surface area contributed by atoms with E-state index in [9.17, 15) is 9.59 Å². The summed E-state index contributed by atoms with van der Waals surface area (Å²) in [7, 11) is 3.23. The molecule has 1 aromatic heterocycles. The lowest BCUT2D eigenvalue weighted by molar-refractivity contribution is -0.141. The number of aliphatic carboxylic acids is 1. The highest BCUT2D eigenvalue weighted by atomic mass is 16.4. The Morgan fingerprint density at radius 1 is 1.39 bits per heavy atom. The van der Waals surface area contributed by atoms with Crippen molar-refractivity contribution in [3.8, 4) is 0 Å². The van der Waals surface area contributed by atoms with Crippen molar-refractivity contribution in [2.24, 2.45) is 5.92 Å². The Bertz CT molecular complexity index is 402. The molecule has 1 N–H and O–H groups in total. The van der Waals surface area contributed by atoms with Gasteiger partial charge in [0, 0.05) is 20.6 Å². The summed E-state index contributed by atoms with van der Waals surface area (Å²) >= 11 is 0. The van der Waals surface area contributed by atoms with Crippen molar-refractivity contribution in [1.82, 2.24) is 9.80 Å². The molecule has 0 aliphatic rings. The maximum Gasteiger partial charge on any atom is 0.319 e. The molecule has 1 heterocycles. The number of urea groups is 1. The van der Waals surface area contributed by atoms with Gasteiger partial charge in [0.2, 0.25) is 0 Å². The van der Waals surface area contributed by atoms with Crippen LogP contribution >= 0.6 is 0 Å². The Kier molecular flexibility index (Phi) is 4.76. The first-order valence-electron chi connectivity index (χ1n) is 5.63. The standard InChI is InChI=1S/C12H18N2O4/c1-9(11(15)16)7-13(2)12(17)14(3)8-10-5-4-6-18-10/h4-6,9H,7-8H2,1-3H3,(H,15,16). The first-order valence-corrected chi connectivity index (χ1v) is 5.63. The van der Waals surface area contributed by atoms with Gasteiger partial charge in [-0.15, -0.1) is 0 Å². The first-order chi connectivity index (χ1) is 8.41. The van der Waals surface area contributed by atoms with E-state index in [4.69, 9.17) is 9.52 Å². The summed E-state index contributed by atoms with van der Waals surface area (Å²) in [6.07, 6.45) is 1.55. The Morgan fingerprint density at radius 3 is 2.56 bits per heavy atom. The van der Waals surface area contributed by atoms with E-state index in [1.54, 1.807) is 39.4 Å². The normalized spacial score (nSPS) is 11.9. The van der Waals surface area contributed by atoms with Gasteiger partial charge >= 0.3 is 12.0 Å². The number of furan rings is 1. The van der Waals surface area contributed by atoms with Gasteiger partial charge in [-0.1, -0.05) is 6.92 Å². The fraction of sp³-hybridized carbons (Fsp3) is 0.500. The summed E-state index contributed by atoms with van der Waals surface area (Å²) in [5.41, 5.74) is 0. The van der Waals surface area contributed by atoms with Crippen molar-refractivity contribution in [1.29, 1.82) is 0 Å². The lowest BCUT2D eigenvalue weighted by Crippen LogP contribution is -2.41. The van der Waals surface area contributed by atoms with Gasteiger partial charge in [0.25, 0.3) is 0 Å². The summed E-state index contributed by atoms with van der Waals surface area (Å²) in [5.74, 6) is -0.815. The van der Waals surface area contributed by atoms with Crippen LogP contribution in [0.5, 0.6) is 0 Å². The molecule has 2 amide bonds. The van der Waals surface area contributed by atoms with Gasteiger partial charge in [0.05, 0.1) is 18.7 Å². The molecule has 100 valence electrons. The maximum atomic E-state index is 11.9. The number of carbonyl (C=O) groups is 2. The Morgan fingerprint density at radius 2 is 2.06 bits per heavy atom. The van der Waals surface area contributed by atoms with Gasteiger partial charge in [0.15, 0.2) is 0 Å². The number of carboxylic acids is 1. The second-order valence-electron chi connectivity index (χ2n) is 4.34. The number of nitrogens with zero attached hydrogens (tertiary/aromatic N) is 2. The molecule has 0 radical (unpaired) electrons. The number of rotatable bonds is 5. The van der Waals surface area contributed by atoms with Crippen molar-refractivity contribution < 1.29 is 19.1 Å². The fourth-order valence-electron chi connectivity index (χ4n) is 1.56. The molecule has 6 heteroatoms. The van der Waals surface area contributed by atoms with Crippen LogP contribution < -0.4 is 0 Å². The molecule has 18 heavy (non-hydrogen) atoms. The molecule has 1 unspecified atom stereocenters. The summed E-state index contributed by atoms with van der Waals surface area (Å²) in [6.45, 7) is 2.10. The molecule has 0 bridgehead atoms. The van der Waals surface area contributed by atoms with Crippen LogP contribution in [0.3, 0.4) is 0 Å². The minimum atomic E-state index is -0.914. The van der Waals surface area contributed by atoms with E-state index in [0.717, 1.165) is 0 Å². The molecule has 0 saturated carbocycles. The monoisotopic (exact) mass is 254 g/mol. The zero-order valence-corrected chi connectivity index (χ0v) is 10.8. The van der Waals surface area contributed by atoms with Crippen molar-refractivity contribution >= 4 is 12.0 Å². The lowest BCUT2D eigenvalue weighted by Gasteiger charge is -2.25. The molecule has 6 nitrogen and oxygen atoms in total. The topological polar surface area (TPSA) is 74.0 Å². The van der Waals surface area contributed by atoms with E-state index in [1.807, 2.05) is 0 Å². The smallest absolute Gasteiger partial charge is 0.319 e. The van der Waals surface area contributed by atoms with Crippen LogP contribution in [0, 0.1) is 5.92 Å². The number of carbonyl (C=O) groups excluding carboxylic acids is 1. The zero-order chi connectivity index (χ0) is 13.7. The lowest BCUT2D eigenvalue weighted by atomic mass is 10.2. The predicted octanol–water partition coefficient (Wildman–Crippen LogP) is 1.48. The molecular weight excluding hydrogens is 236 g/mol. The van der Waals surface area contributed by atoms with Crippen LogP contribution in [0.4, 0.5) is 4.79 Å². The van der Waals surface area contributed by atoms with E-state index in [0.29, 0.717) is 12.3 Å². The van der Waals surface area contributed by atoms with Crippen LogP contribution in [0.2, 0.25) is 0 Å². The third-order valence-electron chi connectivity index (χ3n) is 2.60. The number of hydrogen-bond acceptors (Lipinski definition) is 3. The molecule has 0 aliphatic heterocycles. The molecule has 1 aromatic rings. The van der Waals surface area contributed by atoms with Crippen molar-refractivity contribution in [3.63, 3.8) is 0 Å². The van der Waals surface area contributed by atoms with Gasteiger partial charge in [-0.3, -0.25) is 4.79 Å². The third-order valence-corrected chi connectivity index (χ3v) is 2.60. The third kappa shape index (κ3) is 3.80. The highest BCUT2D eigenvalue weighted by Crippen LogP contribution is 2.07. The summed E-state index contributed by atoms with van der Waals surface area (Å²) in [6, 6.07) is 3.30. The Balaban J connectivity index is 2.50. The highest BCUT2D eigenvalue weighted by molar-refractivity contribution is 5.75. The molecule has 1 rings (SSSR count). The number of hydrogen-bond donors (Lipinski definition) is 1. The quantitative estimate of drug-likeness (QED) is 0.863. The van der Waals surface area contributed by atoms with E-state index >= 15 is 0 Å². The maximum absolute atomic E-state index is 11.9. The summed E-state index contributed by atoms with van der Waals surface area (Å²) in [5, 5.41) is 8.79. The van der Waals surface area contributed by atoms with Crippen LogP contribution in [-0.2, 0) is 11.3 Å². The Hall–Kier alpha value is -1.98. The molecule has 0 saturated heterocycles. The average Bonchev–Trinajstić information content (AvgIpc) is 2.80. The second-order valence-corrected chi connectivity index (χ2v) is 4.34. The molecule has 0 fully saturated rings. The molecular formula is C12H18N2O4. The van der Waals surface area contributed by atoms with E-state index in [-0.39, 0.29) is 12.6 Å². The second kappa shape index (κ2) is 6.09. The number of amides is 2.